The van der Waals surface area contributed by atoms with Gasteiger partial charge in [0.25, 0.3) is 11.8 Å². The van der Waals surface area contributed by atoms with Gasteiger partial charge >= 0.3 is 6.47 Å². The standard InChI is InChI=1S/C37H51N5O9/c1-20-14-25-32(39-36(48)27-17-24(5)40-42(27)37(6,7)8)28(44)18-26(34(25)46)38-35(47)21(2)12-11-13-29(49-9)31(41-51-19-43)22(3)16-23(4)33(45)30(15-20)50-10/h11-13,16-20,23,29-31,33,41,45H,14-15H2,1-10H3,(H,38,47)(H,39,48)/b13-11-,21-12+,22-16+/t20-,23+,29+,30+,31+,33-/m1/s1. The van der Waals surface area contributed by atoms with Crippen molar-refractivity contribution in [1.82, 2.24) is 25.9 Å². The van der Waals surface area contributed by atoms with Gasteiger partial charge < -0.3 is 30.1 Å². The van der Waals surface area contributed by atoms with E-state index >= 15 is 0 Å². The number of amides is 2. The fraction of sp³-hybridized carbons (Fsp3) is 0.514. The van der Waals surface area contributed by atoms with E-state index in [1.54, 1.807) is 36.7 Å². The van der Waals surface area contributed by atoms with Gasteiger partial charge in [0.1, 0.15) is 5.69 Å². The lowest BCUT2D eigenvalue weighted by molar-refractivity contribution is -0.138. The van der Waals surface area contributed by atoms with E-state index in [0.29, 0.717) is 11.3 Å². The summed E-state index contributed by atoms with van der Waals surface area (Å²) in [5, 5.41) is 21.1. The number of ether oxygens (including phenoxy) is 2. The van der Waals surface area contributed by atoms with E-state index in [2.05, 4.69) is 21.2 Å². The number of carbonyl (C=O) groups is 5. The number of allylic oxidation sites excluding steroid dienone is 4. The van der Waals surface area contributed by atoms with Crippen molar-refractivity contribution in [3.8, 4) is 0 Å². The molecule has 2 amide bonds. The Morgan fingerprint density at radius 2 is 1.80 bits per heavy atom. The summed E-state index contributed by atoms with van der Waals surface area (Å²) in [5.74, 6) is -3.34. The number of aliphatic hydroxyl groups is 1. The highest BCUT2D eigenvalue weighted by molar-refractivity contribution is 6.24. The second-order valence-electron chi connectivity index (χ2n) is 14.1. The Kier molecular flexibility index (Phi) is 14.1. The Hall–Kier alpha value is -4.50. The van der Waals surface area contributed by atoms with Crippen LogP contribution in [-0.4, -0.2) is 83.3 Å². The number of aryl methyl sites for hydroxylation is 1. The molecule has 0 radical (unpaired) electrons. The Balaban J connectivity index is 2.12. The molecule has 0 fully saturated rings. The summed E-state index contributed by atoms with van der Waals surface area (Å²) in [6, 6.07) is 0.945. The molecule has 4 N–H and O–H groups in total. The number of nitrogens with one attached hydrogen (secondary N) is 3. The van der Waals surface area contributed by atoms with Crippen molar-refractivity contribution >= 4 is 29.9 Å². The van der Waals surface area contributed by atoms with Gasteiger partial charge in [0.05, 0.1) is 47.0 Å². The van der Waals surface area contributed by atoms with Crippen LogP contribution in [0, 0.1) is 18.8 Å². The highest BCUT2D eigenvalue weighted by atomic mass is 16.7. The van der Waals surface area contributed by atoms with Crippen molar-refractivity contribution in [1.29, 1.82) is 0 Å². The van der Waals surface area contributed by atoms with Crippen LogP contribution < -0.4 is 16.1 Å². The zero-order chi connectivity index (χ0) is 38.2. The molecule has 0 spiro atoms. The minimum atomic E-state index is -1.00. The van der Waals surface area contributed by atoms with Gasteiger partial charge in [-0.2, -0.15) is 5.10 Å². The van der Waals surface area contributed by atoms with E-state index in [4.69, 9.17) is 14.3 Å². The summed E-state index contributed by atoms with van der Waals surface area (Å²) in [7, 11) is 2.94. The van der Waals surface area contributed by atoms with Crippen LogP contribution in [0.5, 0.6) is 0 Å². The van der Waals surface area contributed by atoms with Gasteiger partial charge in [0, 0.05) is 37.4 Å². The first kappa shape index (κ1) is 40.9. The maximum Gasteiger partial charge on any atom is 0.312 e. The molecule has 0 aromatic carbocycles. The van der Waals surface area contributed by atoms with Crippen molar-refractivity contribution in [2.75, 3.05) is 14.2 Å². The predicted molar refractivity (Wildman–Crippen MR) is 189 cm³/mol. The highest BCUT2D eigenvalue weighted by Gasteiger charge is 2.35. The van der Waals surface area contributed by atoms with Crippen LogP contribution in [-0.2, 0) is 39.0 Å². The van der Waals surface area contributed by atoms with E-state index in [9.17, 15) is 29.1 Å². The molecule has 51 heavy (non-hydrogen) atoms. The topological polar surface area (TPSA) is 187 Å². The number of hydrogen-bond donors (Lipinski definition) is 4. The minimum Gasteiger partial charge on any atom is -0.390 e. The first-order valence-corrected chi connectivity index (χ1v) is 16.8. The number of hydrogen-bond acceptors (Lipinski definition) is 11. The molecule has 1 aromatic heterocycles. The van der Waals surface area contributed by atoms with E-state index < -0.39 is 59.2 Å². The first-order chi connectivity index (χ1) is 23.9. The molecule has 2 aliphatic rings. The van der Waals surface area contributed by atoms with Crippen LogP contribution in [0.15, 0.2) is 64.6 Å². The van der Waals surface area contributed by atoms with Crippen LogP contribution in [0.1, 0.15) is 77.5 Å². The molecule has 3 rings (SSSR count). The van der Waals surface area contributed by atoms with Crippen LogP contribution in [0.2, 0.25) is 0 Å². The van der Waals surface area contributed by atoms with E-state index in [-0.39, 0.29) is 53.5 Å². The Morgan fingerprint density at radius 3 is 2.41 bits per heavy atom. The normalized spacial score (nSPS) is 28.5. The summed E-state index contributed by atoms with van der Waals surface area (Å²) in [6.07, 6.45) is 5.45. The molecule has 1 aliphatic heterocycles. The maximum absolute atomic E-state index is 14.0. The van der Waals surface area contributed by atoms with Gasteiger partial charge in [-0.3, -0.25) is 28.7 Å². The molecular weight excluding hydrogens is 658 g/mol. The van der Waals surface area contributed by atoms with Crippen molar-refractivity contribution in [2.24, 2.45) is 11.8 Å². The SMILES string of the molecule is CO[C@H]1/C=C\C=C(/C)C(=O)NC2=CC(=O)C(NC(=O)c3cc(C)nn3C(C)(C)C)=C(C[C@@H](C)C[C@H](OC)[C@H](O)[C@@H](C)/C=C(\C)[C@@H]1NOC=O)C2=O. The Morgan fingerprint density at radius 1 is 1.12 bits per heavy atom. The molecular formula is C37H51N5O9. The van der Waals surface area contributed by atoms with Crippen molar-refractivity contribution in [2.45, 2.75) is 98.1 Å². The third-order valence-electron chi connectivity index (χ3n) is 8.80. The van der Waals surface area contributed by atoms with Gasteiger partial charge in [-0.25, -0.2) is 0 Å². The number of nitrogens with zero attached hydrogens (tertiary/aromatic N) is 2. The van der Waals surface area contributed by atoms with E-state index in [0.717, 1.165) is 6.08 Å². The fourth-order valence-electron chi connectivity index (χ4n) is 6.08. The van der Waals surface area contributed by atoms with E-state index in [1.165, 1.54) is 27.2 Å². The second kappa shape index (κ2) is 17.6. The summed E-state index contributed by atoms with van der Waals surface area (Å²) < 4.78 is 12.9. The quantitative estimate of drug-likeness (QED) is 0.141. The lowest BCUT2D eigenvalue weighted by atomic mass is 9.85. The predicted octanol–water partition coefficient (Wildman–Crippen LogP) is 3.03. The monoisotopic (exact) mass is 709 g/mol. The van der Waals surface area contributed by atoms with Gasteiger partial charge in [-0.05, 0) is 66.4 Å². The summed E-state index contributed by atoms with van der Waals surface area (Å²) in [5.41, 5.74) is 3.41. The summed E-state index contributed by atoms with van der Waals surface area (Å²) in [6.45, 7) is 14.6. The number of aliphatic hydroxyl groups excluding tert-OH is 1. The van der Waals surface area contributed by atoms with Crippen LogP contribution >= 0.6 is 0 Å². The summed E-state index contributed by atoms with van der Waals surface area (Å²) in [4.78, 5) is 70.5. The summed E-state index contributed by atoms with van der Waals surface area (Å²) >= 11 is 0. The van der Waals surface area contributed by atoms with Crippen molar-refractivity contribution in [3.05, 3.63) is 75.9 Å². The largest absolute Gasteiger partial charge is 0.390 e. The number of aromatic nitrogens is 2. The van der Waals surface area contributed by atoms with Crippen LogP contribution in [0.4, 0.5) is 0 Å². The molecule has 0 unspecified atom stereocenters. The van der Waals surface area contributed by atoms with Gasteiger partial charge in [0.15, 0.2) is 0 Å². The third-order valence-corrected chi connectivity index (χ3v) is 8.80. The molecule has 1 aliphatic carbocycles. The molecule has 14 nitrogen and oxygen atoms in total. The molecule has 14 heteroatoms. The number of hydroxylamine groups is 1. The number of methoxy groups -OCH3 is 2. The second-order valence-corrected chi connectivity index (χ2v) is 14.1. The molecule has 0 saturated heterocycles. The number of ketones is 2. The van der Waals surface area contributed by atoms with Crippen LogP contribution in [0.25, 0.3) is 0 Å². The maximum atomic E-state index is 14.0. The zero-order valence-electron chi connectivity index (χ0n) is 31.0. The highest BCUT2D eigenvalue weighted by Crippen LogP contribution is 2.29. The molecule has 2 bridgehead atoms. The lowest BCUT2D eigenvalue weighted by Crippen LogP contribution is -2.41. The first-order valence-electron chi connectivity index (χ1n) is 16.8. The van der Waals surface area contributed by atoms with Crippen LogP contribution in [0.3, 0.4) is 0 Å². The number of fused-ring (bicyclic) bond motifs is 2. The molecule has 2 heterocycles. The average Bonchev–Trinajstić information content (AvgIpc) is 3.48. The van der Waals surface area contributed by atoms with Gasteiger partial charge in [-0.15, -0.1) is 5.48 Å². The fourth-order valence-corrected chi connectivity index (χ4v) is 6.08. The molecule has 278 valence electrons. The number of Topliss-reactive ketones (excluding diaryl/α,β-unsaturated/α-hetero) is 1. The Labute approximate surface area is 299 Å². The Bertz CT molecular complexity index is 1660. The molecule has 6 atom stereocenters. The van der Waals surface area contributed by atoms with Gasteiger partial charge in [0.2, 0.25) is 11.6 Å². The van der Waals surface area contributed by atoms with Crippen molar-refractivity contribution in [3.63, 3.8) is 0 Å². The number of rotatable bonds is 7. The van der Waals surface area contributed by atoms with Gasteiger partial charge in [-0.1, -0.05) is 43.7 Å². The zero-order valence-corrected chi connectivity index (χ0v) is 31.0. The smallest absolute Gasteiger partial charge is 0.312 e. The third kappa shape index (κ3) is 10.3. The molecule has 0 saturated carbocycles. The lowest BCUT2D eigenvalue weighted by Gasteiger charge is -2.30. The van der Waals surface area contributed by atoms with E-state index in [1.807, 2.05) is 40.7 Å². The molecule has 1 aromatic rings. The van der Waals surface area contributed by atoms with Crippen molar-refractivity contribution < 1.29 is 43.4 Å². The minimum absolute atomic E-state index is 0.0109. The average molecular weight is 710 g/mol. The number of carbonyl (C=O) groups excluding carboxylic acids is 5.